The fraction of sp³-hybridized carbons (Fsp3) is 0.846. The molecule has 0 aromatic carbocycles. The molecule has 1 heterocycles. The van der Waals surface area contributed by atoms with Crippen LogP contribution in [-0.2, 0) is 9.53 Å². The summed E-state index contributed by atoms with van der Waals surface area (Å²) in [7, 11) is 4.79. The van der Waals surface area contributed by atoms with Gasteiger partial charge >= 0.3 is 12.0 Å². The van der Waals surface area contributed by atoms with Gasteiger partial charge < -0.3 is 19.9 Å². The van der Waals surface area contributed by atoms with Crippen LogP contribution in [-0.4, -0.2) is 68.2 Å². The summed E-state index contributed by atoms with van der Waals surface area (Å²) >= 11 is 0. The number of methoxy groups -OCH3 is 1. The van der Waals surface area contributed by atoms with Crippen molar-refractivity contribution in [1.82, 2.24) is 15.1 Å². The number of esters is 1. The molecule has 19 heavy (non-hydrogen) atoms. The first kappa shape index (κ1) is 15.8. The number of ether oxygens (including phenoxy) is 1. The molecule has 2 atom stereocenters. The second-order valence-electron chi connectivity index (χ2n) is 5.36. The maximum Gasteiger partial charge on any atom is 0.328 e. The van der Waals surface area contributed by atoms with Crippen LogP contribution >= 0.6 is 0 Å². The van der Waals surface area contributed by atoms with Crippen LogP contribution in [0, 0.1) is 5.92 Å². The van der Waals surface area contributed by atoms with E-state index in [1.54, 1.807) is 19.0 Å². The van der Waals surface area contributed by atoms with Gasteiger partial charge in [0, 0.05) is 26.7 Å². The number of nitrogens with one attached hydrogen (secondary N) is 1. The highest BCUT2D eigenvalue weighted by molar-refractivity contribution is 5.83. The number of rotatable bonds is 4. The third kappa shape index (κ3) is 3.59. The molecule has 0 radical (unpaired) electrons. The minimum Gasteiger partial charge on any atom is -0.467 e. The highest BCUT2D eigenvalue weighted by Gasteiger charge is 2.34. The summed E-state index contributed by atoms with van der Waals surface area (Å²) in [6, 6.07) is -0.493. The van der Waals surface area contributed by atoms with Crippen LogP contribution in [0.4, 0.5) is 4.79 Å². The summed E-state index contributed by atoms with van der Waals surface area (Å²) in [5.41, 5.74) is 0. The van der Waals surface area contributed by atoms with Crippen LogP contribution in [0.15, 0.2) is 0 Å². The third-order valence-corrected chi connectivity index (χ3v) is 3.68. The van der Waals surface area contributed by atoms with E-state index in [1.165, 1.54) is 12.0 Å². The molecule has 0 spiro atoms. The normalized spacial score (nSPS) is 20.2. The first-order chi connectivity index (χ1) is 8.90. The number of carbonyl (C=O) groups is 2. The number of hydrogen-bond donors (Lipinski definition) is 1. The average Bonchev–Trinajstić information content (AvgIpc) is 2.90. The van der Waals surface area contributed by atoms with Gasteiger partial charge in [-0.1, -0.05) is 13.8 Å². The lowest BCUT2D eigenvalue weighted by Crippen LogP contribution is -2.53. The van der Waals surface area contributed by atoms with Gasteiger partial charge in [-0.25, -0.2) is 9.59 Å². The zero-order valence-electron chi connectivity index (χ0n) is 12.5. The Morgan fingerprint density at radius 2 is 1.95 bits per heavy atom. The summed E-state index contributed by atoms with van der Waals surface area (Å²) in [6.07, 6.45) is 0.945. The Morgan fingerprint density at radius 1 is 1.32 bits per heavy atom. The molecule has 1 N–H and O–H groups in total. The number of carbonyl (C=O) groups excluding carboxylic acids is 2. The van der Waals surface area contributed by atoms with Crippen molar-refractivity contribution in [3.05, 3.63) is 0 Å². The Morgan fingerprint density at radius 3 is 2.37 bits per heavy atom. The molecule has 1 unspecified atom stereocenters. The Labute approximate surface area is 115 Å². The molecule has 110 valence electrons. The van der Waals surface area contributed by atoms with Gasteiger partial charge in [-0.3, -0.25) is 0 Å². The van der Waals surface area contributed by atoms with Crippen molar-refractivity contribution >= 4 is 12.0 Å². The Kier molecular flexibility index (Phi) is 5.60. The Bertz CT molecular complexity index is 327. The summed E-state index contributed by atoms with van der Waals surface area (Å²) in [4.78, 5) is 27.4. The number of hydrogen-bond acceptors (Lipinski definition) is 4. The molecule has 0 aromatic heterocycles. The third-order valence-electron chi connectivity index (χ3n) is 3.68. The highest BCUT2D eigenvalue weighted by atomic mass is 16.5. The van der Waals surface area contributed by atoms with Crippen LogP contribution < -0.4 is 5.32 Å². The first-order valence-corrected chi connectivity index (χ1v) is 6.68. The van der Waals surface area contributed by atoms with Gasteiger partial charge in [0.05, 0.1) is 7.11 Å². The zero-order valence-corrected chi connectivity index (χ0v) is 12.5. The number of likely N-dealkylation sites (N-methyl/N-ethyl adjacent to an activating group) is 2. The summed E-state index contributed by atoms with van der Waals surface area (Å²) in [6.45, 7) is 5.54. The Balaban J connectivity index is 2.74. The van der Waals surface area contributed by atoms with Crippen LogP contribution in [0.25, 0.3) is 0 Å². The van der Waals surface area contributed by atoms with Gasteiger partial charge in [0.1, 0.15) is 6.04 Å². The molecular weight excluding hydrogens is 246 g/mol. The van der Waals surface area contributed by atoms with Crippen LogP contribution in [0.1, 0.15) is 20.3 Å². The van der Waals surface area contributed by atoms with E-state index in [-0.39, 0.29) is 24.0 Å². The molecule has 0 aromatic rings. The molecule has 2 amide bonds. The van der Waals surface area contributed by atoms with E-state index in [2.05, 4.69) is 5.32 Å². The number of amides is 2. The lowest BCUT2D eigenvalue weighted by molar-refractivity contribution is -0.147. The van der Waals surface area contributed by atoms with Crippen LogP contribution in [0.5, 0.6) is 0 Å². The van der Waals surface area contributed by atoms with Crippen molar-refractivity contribution in [2.75, 3.05) is 34.3 Å². The molecule has 0 aliphatic carbocycles. The van der Waals surface area contributed by atoms with Crippen molar-refractivity contribution in [2.24, 2.45) is 5.92 Å². The second kappa shape index (κ2) is 6.75. The summed E-state index contributed by atoms with van der Waals surface area (Å²) in [5, 5.41) is 3.23. The van der Waals surface area contributed by atoms with E-state index >= 15 is 0 Å². The highest BCUT2D eigenvalue weighted by Crippen LogP contribution is 2.15. The fourth-order valence-corrected chi connectivity index (χ4v) is 2.49. The lowest BCUT2D eigenvalue weighted by atomic mass is 10.0. The molecule has 6 nitrogen and oxygen atoms in total. The maximum atomic E-state index is 12.4. The molecular formula is C13H25N3O3. The summed E-state index contributed by atoms with van der Waals surface area (Å²) in [5.74, 6) is -0.361. The van der Waals surface area contributed by atoms with E-state index in [4.69, 9.17) is 4.74 Å². The van der Waals surface area contributed by atoms with E-state index < -0.39 is 6.04 Å². The van der Waals surface area contributed by atoms with Gasteiger partial charge in [0.25, 0.3) is 0 Å². The van der Waals surface area contributed by atoms with Crippen molar-refractivity contribution < 1.29 is 14.3 Å². The average molecular weight is 271 g/mol. The van der Waals surface area contributed by atoms with Crippen LogP contribution in [0.3, 0.4) is 0 Å². The minimum atomic E-state index is -0.547. The standard InChI is InChI=1S/C13H25N3O3/c1-9(2)11(12(17)19-5)16(4)13(18)15(3)10-6-7-14-8-10/h9-11,14H,6-8H2,1-5H3/t10-,11?/m0/s1. The van der Waals surface area contributed by atoms with E-state index in [0.29, 0.717) is 0 Å². The fourth-order valence-electron chi connectivity index (χ4n) is 2.49. The molecule has 6 heteroatoms. The second-order valence-corrected chi connectivity index (χ2v) is 5.36. The number of nitrogens with zero attached hydrogens (tertiary/aromatic N) is 2. The smallest absolute Gasteiger partial charge is 0.328 e. The SMILES string of the molecule is COC(=O)C(C(C)C)N(C)C(=O)N(C)[C@H]1CCNC1. The van der Waals surface area contributed by atoms with E-state index in [9.17, 15) is 9.59 Å². The quantitative estimate of drug-likeness (QED) is 0.758. The lowest BCUT2D eigenvalue weighted by Gasteiger charge is -2.34. The van der Waals surface area contributed by atoms with Gasteiger partial charge in [0.2, 0.25) is 0 Å². The van der Waals surface area contributed by atoms with Gasteiger partial charge in [0.15, 0.2) is 0 Å². The van der Waals surface area contributed by atoms with Crippen LogP contribution in [0.2, 0.25) is 0 Å². The zero-order chi connectivity index (χ0) is 14.6. The molecule has 1 saturated heterocycles. The predicted octanol–water partition coefficient (Wildman–Crippen LogP) is 0.530. The van der Waals surface area contributed by atoms with E-state index in [0.717, 1.165) is 19.5 Å². The molecule has 1 aliphatic rings. The monoisotopic (exact) mass is 271 g/mol. The maximum absolute atomic E-state index is 12.4. The van der Waals surface area contributed by atoms with Gasteiger partial charge in [-0.2, -0.15) is 0 Å². The van der Waals surface area contributed by atoms with Gasteiger partial charge in [-0.15, -0.1) is 0 Å². The first-order valence-electron chi connectivity index (χ1n) is 6.68. The predicted molar refractivity (Wildman–Crippen MR) is 72.8 cm³/mol. The topological polar surface area (TPSA) is 61.9 Å². The number of urea groups is 1. The molecule has 0 bridgehead atoms. The van der Waals surface area contributed by atoms with Crippen molar-refractivity contribution in [3.8, 4) is 0 Å². The summed E-state index contributed by atoms with van der Waals surface area (Å²) < 4.78 is 4.79. The van der Waals surface area contributed by atoms with Crippen molar-refractivity contribution in [1.29, 1.82) is 0 Å². The van der Waals surface area contributed by atoms with Crippen molar-refractivity contribution in [2.45, 2.75) is 32.4 Å². The van der Waals surface area contributed by atoms with Gasteiger partial charge in [-0.05, 0) is 18.9 Å². The molecule has 1 rings (SSSR count). The molecule has 0 saturated carbocycles. The van der Waals surface area contributed by atoms with E-state index in [1.807, 2.05) is 13.8 Å². The molecule has 1 fully saturated rings. The molecule has 1 aliphatic heterocycles. The largest absolute Gasteiger partial charge is 0.467 e. The van der Waals surface area contributed by atoms with Crippen molar-refractivity contribution in [3.63, 3.8) is 0 Å². The minimum absolute atomic E-state index is 0.0107. The Hall–Kier alpha value is -1.30.